The quantitative estimate of drug-likeness (QED) is 0.805. The second-order valence-electron chi connectivity index (χ2n) is 5.52. The van der Waals surface area contributed by atoms with Gasteiger partial charge in [-0.15, -0.1) is 0 Å². The molecule has 114 valence electrons. The number of carboxylic acids is 1. The van der Waals surface area contributed by atoms with E-state index in [1.54, 1.807) is 31.4 Å². The van der Waals surface area contributed by atoms with Gasteiger partial charge in [-0.25, -0.2) is 0 Å². The Labute approximate surface area is 124 Å². The van der Waals surface area contributed by atoms with Gasteiger partial charge in [0.1, 0.15) is 0 Å². The van der Waals surface area contributed by atoms with Gasteiger partial charge in [-0.05, 0) is 24.8 Å². The molecule has 0 aliphatic heterocycles. The SMILES string of the molecule is COC1(CC(=O)NCC(C(=O)O)c2ccccc2)CCC1. The van der Waals surface area contributed by atoms with Crippen molar-refractivity contribution in [3.63, 3.8) is 0 Å². The largest absolute Gasteiger partial charge is 0.481 e. The van der Waals surface area contributed by atoms with Crippen molar-refractivity contribution in [2.75, 3.05) is 13.7 Å². The fourth-order valence-corrected chi connectivity index (χ4v) is 2.63. The van der Waals surface area contributed by atoms with E-state index in [9.17, 15) is 14.7 Å². The molecular formula is C16H21NO4. The molecule has 1 amide bonds. The van der Waals surface area contributed by atoms with E-state index >= 15 is 0 Å². The van der Waals surface area contributed by atoms with Crippen LogP contribution in [0.3, 0.4) is 0 Å². The van der Waals surface area contributed by atoms with E-state index in [2.05, 4.69) is 5.32 Å². The van der Waals surface area contributed by atoms with Crippen LogP contribution in [0.25, 0.3) is 0 Å². The van der Waals surface area contributed by atoms with Crippen LogP contribution in [0, 0.1) is 0 Å². The first-order chi connectivity index (χ1) is 10.1. The molecule has 1 unspecified atom stereocenters. The highest BCUT2D eigenvalue weighted by atomic mass is 16.5. The topological polar surface area (TPSA) is 75.6 Å². The third kappa shape index (κ3) is 3.82. The van der Waals surface area contributed by atoms with Gasteiger partial charge in [0.2, 0.25) is 5.91 Å². The number of ether oxygens (including phenoxy) is 1. The summed E-state index contributed by atoms with van der Waals surface area (Å²) in [5, 5.41) is 12.0. The predicted octanol–water partition coefficient (Wildman–Crippen LogP) is 1.93. The number of rotatable bonds is 7. The van der Waals surface area contributed by atoms with E-state index in [0.717, 1.165) is 19.3 Å². The van der Waals surface area contributed by atoms with Crippen LogP contribution in [0.2, 0.25) is 0 Å². The molecule has 1 aromatic carbocycles. The van der Waals surface area contributed by atoms with Gasteiger partial charge in [0.15, 0.2) is 0 Å². The van der Waals surface area contributed by atoms with Gasteiger partial charge >= 0.3 is 5.97 Å². The van der Waals surface area contributed by atoms with Gasteiger partial charge in [0.05, 0.1) is 17.9 Å². The molecule has 0 bridgehead atoms. The molecule has 0 heterocycles. The Morgan fingerprint density at radius 1 is 1.33 bits per heavy atom. The van der Waals surface area contributed by atoms with Crippen molar-refractivity contribution < 1.29 is 19.4 Å². The molecule has 1 atom stereocenters. The highest BCUT2D eigenvalue weighted by Crippen LogP contribution is 2.37. The smallest absolute Gasteiger partial charge is 0.312 e. The summed E-state index contributed by atoms with van der Waals surface area (Å²) in [6, 6.07) is 8.93. The summed E-state index contributed by atoms with van der Waals surface area (Å²) >= 11 is 0. The fraction of sp³-hybridized carbons (Fsp3) is 0.500. The molecule has 1 aliphatic carbocycles. The molecule has 2 N–H and O–H groups in total. The summed E-state index contributed by atoms with van der Waals surface area (Å²) in [5.41, 5.74) is 0.352. The van der Waals surface area contributed by atoms with Crippen molar-refractivity contribution in [3.8, 4) is 0 Å². The molecule has 0 aromatic heterocycles. The van der Waals surface area contributed by atoms with Crippen LogP contribution >= 0.6 is 0 Å². The maximum Gasteiger partial charge on any atom is 0.312 e. The lowest BCUT2D eigenvalue weighted by Crippen LogP contribution is -2.44. The van der Waals surface area contributed by atoms with Gasteiger partial charge in [-0.1, -0.05) is 30.3 Å². The number of carbonyl (C=O) groups is 2. The number of methoxy groups -OCH3 is 1. The zero-order valence-corrected chi connectivity index (χ0v) is 12.2. The maximum absolute atomic E-state index is 12.0. The van der Waals surface area contributed by atoms with Crippen molar-refractivity contribution in [1.29, 1.82) is 0 Å². The summed E-state index contributed by atoms with van der Waals surface area (Å²) in [5.74, 6) is -1.82. The summed E-state index contributed by atoms with van der Waals surface area (Å²) < 4.78 is 5.41. The van der Waals surface area contributed by atoms with Crippen molar-refractivity contribution in [3.05, 3.63) is 35.9 Å². The maximum atomic E-state index is 12.0. The fourth-order valence-electron chi connectivity index (χ4n) is 2.63. The van der Waals surface area contributed by atoms with Crippen molar-refractivity contribution in [2.24, 2.45) is 0 Å². The molecule has 5 heteroatoms. The van der Waals surface area contributed by atoms with Crippen LogP contribution in [0.4, 0.5) is 0 Å². The Bertz CT molecular complexity index is 491. The van der Waals surface area contributed by atoms with E-state index in [1.807, 2.05) is 6.07 Å². The molecule has 1 aliphatic rings. The van der Waals surface area contributed by atoms with Crippen molar-refractivity contribution in [2.45, 2.75) is 37.2 Å². The summed E-state index contributed by atoms with van der Waals surface area (Å²) in [6.07, 6.45) is 3.14. The Hall–Kier alpha value is -1.88. The van der Waals surface area contributed by atoms with Gasteiger partial charge in [0.25, 0.3) is 0 Å². The lowest BCUT2D eigenvalue weighted by molar-refractivity contribution is -0.139. The monoisotopic (exact) mass is 291 g/mol. The average molecular weight is 291 g/mol. The number of hydrogen-bond acceptors (Lipinski definition) is 3. The number of amides is 1. The first-order valence-corrected chi connectivity index (χ1v) is 7.16. The second-order valence-corrected chi connectivity index (χ2v) is 5.52. The highest BCUT2D eigenvalue weighted by Gasteiger charge is 2.39. The van der Waals surface area contributed by atoms with Crippen LogP contribution < -0.4 is 5.32 Å². The first kappa shape index (κ1) is 15.5. The first-order valence-electron chi connectivity index (χ1n) is 7.16. The van der Waals surface area contributed by atoms with Gasteiger partial charge < -0.3 is 15.2 Å². The molecule has 21 heavy (non-hydrogen) atoms. The minimum absolute atomic E-state index is 0.0952. The molecule has 1 fully saturated rings. The second kappa shape index (κ2) is 6.72. The normalized spacial score (nSPS) is 17.6. The van der Waals surface area contributed by atoms with Crippen LogP contribution in [-0.2, 0) is 14.3 Å². The minimum atomic E-state index is -0.938. The molecule has 0 saturated heterocycles. The lowest BCUT2D eigenvalue weighted by Gasteiger charge is -2.40. The lowest BCUT2D eigenvalue weighted by atomic mass is 9.77. The minimum Gasteiger partial charge on any atom is -0.481 e. The molecular weight excluding hydrogens is 270 g/mol. The molecule has 1 saturated carbocycles. The van der Waals surface area contributed by atoms with Crippen LogP contribution in [0.1, 0.15) is 37.2 Å². The number of nitrogens with one attached hydrogen (secondary N) is 1. The van der Waals surface area contributed by atoms with Crippen molar-refractivity contribution in [1.82, 2.24) is 5.32 Å². The van der Waals surface area contributed by atoms with Gasteiger partial charge in [0, 0.05) is 13.7 Å². The Balaban J connectivity index is 1.90. The average Bonchev–Trinajstić information content (AvgIpc) is 2.44. The Morgan fingerprint density at radius 2 is 2.00 bits per heavy atom. The van der Waals surface area contributed by atoms with E-state index in [4.69, 9.17) is 4.74 Å². The summed E-state index contributed by atoms with van der Waals surface area (Å²) in [6.45, 7) is 0.0952. The van der Waals surface area contributed by atoms with Crippen LogP contribution in [0.15, 0.2) is 30.3 Å². The number of hydrogen-bond donors (Lipinski definition) is 2. The zero-order chi connectivity index (χ0) is 15.3. The number of benzene rings is 1. The van der Waals surface area contributed by atoms with Crippen LogP contribution in [-0.4, -0.2) is 36.2 Å². The third-order valence-electron chi connectivity index (χ3n) is 4.18. The van der Waals surface area contributed by atoms with E-state index in [0.29, 0.717) is 12.0 Å². The Morgan fingerprint density at radius 3 is 2.48 bits per heavy atom. The molecule has 1 aromatic rings. The van der Waals surface area contributed by atoms with Gasteiger partial charge in [-0.2, -0.15) is 0 Å². The summed E-state index contributed by atoms with van der Waals surface area (Å²) in [4.78, 5) is 23.3. The van der Waals surface area contributed by atoms with E-state index in [1.165, 1.54) is 0 Å². The predicted molar refractivity (Wildman–Crippen MR) is 78.0 cm³/mol. The number of carbonyl (C=O) groups excluding carboxylic acids is 1. The van der Waals surface area contributed by atoms with Crippen molar-refractivity contribution >= 4 is 11.9 Å². The van der Waals surface area contributed by atoms with E-state index in [-0.39, 0.29) is 18.1 Å². The van der Waals surface area contributed by atoms with E-state index < -0.39 is 11.9 Å². The molecule has 5 nitrogen and oxygen atoms in total. The van der Waals surface area contributed by atoms with Gasteiger partial charge in [-0.3, -0.25) is 9.59 Å². The Kier molecular flexibility index (Phi) is 4.96. The standard InChI is InChI=1S/C16H21NO4/c1-21-16(8-5-9-16)10-14(18)17-11-13(15(19)20)12-6-3-2-4-7-12/h2-4,6-7,13H,5,8-11H2,1H3,(H,17,18)(H,19,20). The number of carboxylic acid groups (broad SMARTS) is 1. The molecule has 0 spiro atoms. The molecule has 0 radical (unpaired) electrons. The third-order valence-corrected chi connectivity index (χ3v) is 4.18. The zero-order valence-electron chi connectivity index (χ0n) is 12.2. The van der Waals surface area contributed by atoms with Crippen LogP contribution in [0.5, 0.6) is 0 Å². The number of aliphatic carboxylic acids is 1. The highest BCUT2D eigenvalue weighted by molar-refractivity contribution is 5.80. The summed E-state index contributed by atoms with van der Waals surface area (Å²) in [7, 11) is 1.62. The molecule has 2 rings (SSSR count).